The second-order valence-electron chi connectivity index (χ2n) is 8.51. The van der Waals surface area contributed by atoms with E-state index >= 15 is 0 Å². The first-order valence-electron chi connectivity index (χ1n) is 11.2. The minimum absolute atomic E-state index is 0.0642. The van der Waals surface area contributed by atoms with Gasteiger partial charge in [-0.2, -0.15) is 0 Å². The second-order valence-corrected chi connectivity index (χ2v) is 10.8. The summed E-state index contributed by atoms with van der Waals surface area (Å²) in [4.78, 5) is 9.04. The molecule has 3 heterocycles. The summed E-state index contributed by atoms with van der Waals surface area (Å²) in [6.45, 7) is 4.76. The van der Waals surface area contributed by atoms with Crippen molar-refractivity contribution in [2.75, 3.05) is 30.8 Å². The smallest absolute Gasteiger partial charge is 0.213 e. The van der Waals surface area contributed by atoms with E-state index in [1.807, 2.05) is 16.8 Å². The Bertz CT molecular complexity index is 1160. The van der Waals surface area contributed by atoms with Crippen LogP contribution in [0.4, 0.5) is 5.82 Å². The fourth-order valence-electron chi connectivity index (χ4n) is 4.39. The van der Waals surface area contributed by atoms with Gasteiger partial charge < -0.3 is 10.4 Å². The topological polar surface area (TPSA) is 99.8 Å². The van der Waals surface area contributed by atoms with Crippen LogP contribution in [-0.4, -0.2) is 63.7 Å². The number of imidazole rings is 1. The van der Waals surface area contributed by atoms with Gasteiger partial charge in [0.1, 0.15) is 0 Å². The first-order valence-corrected chi connectivity index (χ1v) is 12.8. The third-order valence-electron chi connectivity index (χ3n) is 6.19. The van der Waals surface area contributed by atoms with E-state index in [2.05, 4.69) is 46.5 Å². The van der Waals surface area contributed by atoms with Crippen LogP contribution >= 0.6 is 0 Å². The highest BCUT2D eigenvalue weighted by Gasteiger charge is 2.29. The number of aliphatic hydroxyl groups is 1. The average molecular weight is 458 g/mol. The van der Waals surface area contributed by atoms with Gasteiger partial charge in [-0.15, -0.1) is 0 Å². The Labute approximate surface area is 189 Å². The van der Waals surface area contributed by atoms with E-state index in [4.69, 9.17) is 0 Å². The zero-order valence-corrected chi connectivity index (χ0v) is 19.4. The van der Waals surface area contributed by atoms with Crippen molar-refractivity contribution in [3.8, 4) is 11.3 Å². The normalized spacial score (nSPS) is 18.7. The second kappa shape index (κ2) is 9.56. The number of hydrogen-bond acceptors (Lipinski definition) is 6. The van der Waals surface area contributed by atoms with Crippen LogP contribution in [0.2, 0.25) is 0 Å². The molecular formula is C23H31N5O3S. The molecule has 3 aromatic rings. The molecule has 2 atom stereocenters. The molecule has 1 fully saturated rings. The lowest BCUT2D eigenvalue weighted by molar-refractivity contribution is 0.213. The molecule has 0 unspecified atom stereocenters. The number of piperidine rings is 1. The highest BCUT2D eigenvalue weighted by Crippen LogP contribution is 2.27. The third-order valence-corrected chi connectivity index (χ3v) is 8.04. The molecule has 172 valence electrons. The Morgan fingerprint density at radius 1 is 1.25 bits per heavy atom. The lowest BCUT2D eigenvalue weighted by Gasteiger charge is -2.33. The van der Waals surface area contributed by atoms with Crippen LogP contribution in [0.25, 0.3) is 16.9 Å². The van der Waals surface area contributed by atoms with Crippen LogP contribution in [0, 0.1) is 12.8 Å². The fourth-order valence-corrected chi connectivity index (χ4v) is 5.60. The van der Waals surface area contributed by atoms with Crippen LogP contribution in [0.3, 0.4) is 0 Å². The summed E-state index contributed by atoms with van der Waals surface area (Å²) in [5.74, 6) is 0.923. The Balaban J connectivity index is 1.51. The van der Waals surface area contributed by atoms with Gasteiger partial charge in [0.2, 0.25) is 10.0 Å². The van der Waals surface area contributed by atoms with Gasteiger partial charge in [0.15, 0.2) is 11.5 Å². The molecule has 1 aliphatic heterocycles. The van der Waals surface area contributed by atoms with E-state index in [0.717, 1.165) is 24.1 Å². The van der Waals surface area contributed by atoms with E-state index in [1.165, 1.54) is 5.56 Å². The van der Waals surface area contributed by atoms with Crippen molar-refractivity contribution in [2.24, 2.45) is 5.92 Å². The van der Waals surface area contributed by atoms with E-state index < -0.39 is 10.0 Å². The van der Waals surface area contributed by atoms with E-state index in [1.54, 1.807) is 17.4 Å². The summed E-state index contributed by atoms with van der Waals surface area (Å²) >= 11 is 0. The van der Waals surface area contributed by atoms with Crippen LogP contribution in [0.1, 0.15) is 31.7 Å². The molecule has 8 nitrogen and oxygen atoms in total. The van der Waals surface area contributed by atoms with Gasteiger partial charge in [0.25, 0.3) is 0 Å². The molecular weight excluding hydrogens is 426 g/mol. The Morgan fingerprint density at radius 3 is 2.75 bits per heavy atom. The van der Waals surface area contributed by atoms with E-state index in [9.17, 15) is 13.5 Å². The minimum atomic E-state index is -3.19. The molecule has 1 aliphatic rings. The van der Waals surface area contributed by atoms with Gasteiger partial charge in [-0.05, 0) is 39.0 Å². The lowest BCUT2D eigenvalue weighted by atomic mass is 9.92. The van der Waals surface area contributed by atoms with Crippen molar-refractivity contribution in [3.63, 3.8) is 0 Å². The van der Waals surface area contributed by atoms with Gasteiger partial charge in [-0.1, -0.05) is 29.8 Å². The maximum atomic E-state index is 12.3. The van der Waals surface area contributed by atoms with Gasteiger partial charge in [0, 0.05) is 31.0 Å². The molecule has 1 aromatic carbocycles. The van der Waals surface area contributed by atoms with Crippen molar-refractivity contribution in [1.82, 2.24) is 18.7 Å². The molecule has 32 heavy (non-hydrogen) atoms. The van der Waals surface area contributed by atoms with Gasteiger partial charge in [-0.25, -0.2) is 22.7 Å². The monoisotopic (exact) mass is 457 g/mol. The average Bonchev–Trinajstić information content (AvgIpc) is 3.24. The maximum Gasteiger partial charge on any atom is 0.213 e. The molecule has 0 aliphatic carbocycles. The third kappa shape index (κ3) is 4.79. The molecule has 2 N–H and O–H groups in total. The van der Waals surface area contributed by atoms with Crippen molar-refractivity contribution in [1.29, 1.82) is 0 Å². The number of nitrogens with one attached hydrogen (secondary N) is 1. The summed E-state index contributed by atoms with van der Waals surface area (Å²) in [5, 5.41) is 13.4. The van der Waals surface area contributed by atoms with Crippen molar-refractivity contribution in [2.45, 2.75) is 39.2 Å². The SMILES string of the molecule is CCS(=O)(=O)N1CCC[C@@H](C[C@@H](CO)Nc2nccn3c(-c4ccc(C)cc4)cnc23)C1. The predicted octanol–water partition coefficient (Wildman–Crippen LogP) is 2.93. The molecule has 0 bridgehead atoms. The minimum Gasteiger partial charge on any atom is -0.394 e. The number of aryl methyl sites for hydroxylation is 1. The molecule has 0 radical (unpaired) electrons. The van der Waals surface area contributed by atoms with Gasteiger partial charge in [0.05, 0.1) is 30.3 Å². The zero-order chi connectivity index (χ0) is 22.7. The molecule has 4 rings (SSSR count). The fraction of sp³-hybridized carbons (Fsp3) is 0.478. The number of aliphatic hydroxyl groups excluding tert-OH is 1. The number of aromatic nitrogens is 3. The Hall–Kier alpha value is -2.49. The maximum absolute atomic E-state index is 12.3. The summed E-state index contributed by atoms with van der Waals surface area (Å²) in [7, 11) is -3.19. The largest absolute Gasteiger partial charge is 0.394 e. The van der Waals surface area contributed by atoms with Crippen molar-refractivity contribution >= 4 is 21.5 Å². The first kappa shape index (κ1) is 22.7. The number of benzene rings is 1. The molecule has 1 saturated heterocycles. The van der Waals surface area contributed by atoms with Crippen LogP contribution < -0.4 is 5.32 Å². The summed E-state index contributed by atoms with van der Waals surface area (Å²) < 4.78 is 28.1. The molecule has 9 heteroatoms. The standard InChI is InChI=1S/C23H31N5O3S/c1-3-32(30,31)27-11-4-5-18(15-27)13-20(16-29)26-22-23-25-14-21(28(23)12-10-24-22)19-8-6-17(2)7-9-19/h6-10,12,14,18,20,29H,3-5,11,13,15-16H2,1-2H3,(H,24,26)/t18-,20-/m0/s1. The number of sulfonamides is 1. The Kier molecular flexibility index (Phi) is 6.78. The number of hydrogen-bond donors (Lipinski definition) is 2. The summed E-state index contributed by atoms with van der Waals surface area (Å²) in [6, 6.07) is 8.05. The number of fused-ring (bicyclic) bond motifs is 1. The van der Waals surface area contributed by atoms with Crippen molar-refractivity contribution < 1.29 is 13.5 Å². The van der Waals surface area contributed by atoms with Gasteiger partial charge >= 0.3 is 0 Å². The van der Waals surface area contributed by atoms with Gasteiger partial charge in [-0.3, -0.25) is 4.40 Å². The summed E-state index contributed by atoms with van der Waals surface area (Å²) in [5.41, 5.74) is 3.93. The summed E-state index contributed by atoms with van der Waals surface area (Å²) in [6.07, 6.45) is 7.89. The zero-order valence-electron chi connectivity index (χ0n) is 18.6. The molecule has 0 amide bonds. The van der Waals surface area contributed by atoms with Crippen molar-refractivity contribution in [3.05, 3.63) is 48.4 Å². The Morgan fingerprint density at radius 2 is 2.03 bits per heavy atom. The highest BCUT2D eigenvalue weighted by molar-refractivity contribution is 7.89. The van der Waals surface area contributed by atoms with Crippen LogP contribution in [0.5, 0.6) is 0 Å². The number of rotatable bonds is 8. The van der Waals surface area contributed by atoms with E-state index in [-0.39, 0.29) is 24.3 Å². The van der Waals surface area contributed by atoms with Crippen LogP contribution in [0.15, 0.2) is 42.9 Å². The van der Waals surface area contributed by atoms with Crippen LogP contribution in [-0.2, 0) is 10.0 Å². The van der Waals surface area contributed by atoms with E-state index in [0.29, 0.717) is 31.0 Å². The lowest BCUT2D eigenvalue weighted by Crippen LogP contribution is -2.42. The quantitative estimate of drug-likeness (QED) is 0.540. The molecule has 2 aromatic heterocycles. The first-order chi connectivity index (χ1) is 15.4. The predicted molar refractivity (Wildman–Crippen MR) is 126 cm³/mol. The molecule has 0 saturated carbocycles. The number of anilines is 1. The molecule has 0 spiro atoms. The highest BCUT2D eigenvalue weighted by atomic mass is 32.2. The number of nitrogens with zero attached hydrogens (tertiary/aromatic N) is 4.